The van der Waals surface area contributed by atoms with Gasteiger partial charge in [0.15, 0.2) is 5.58 Å². The minimum atomic E-state index is 0.476. The fraction of sp³-hybridized carbons (Fsp3) is 0.143. The Kier molecular flexibility index (Phi) is 2.79. The van der Waals surface area contributed by atoms with E-state index in [0.717, 1.165) is 11.1 Å². The molecule has 3 rings (SSSR count). The number of aromatic nitrogens is 2. The minimum Gasteiger partial charge on any atom is -0.423 e. The molecule has 19 heavy (non-hydrogen) atoms. The highest BCUT2D eigenvalue weighted by Gasteiger charge is 2.07. The first-order chi connectivity index (χ1) is 9.24. The number of nitrogen functional groups attached to an aromatic ring is 1. The van der Waals surface area contributed by atoms with Crippen molar-refractivity contribution in [3.63, 3.8) is 0 Å². The first-order valence-corrected chi connectivity index (χ1v) is 6.02. The molecule has 0 amide bonds. The fourth-order valence-corrected chi connectivity index (χ4v) is 1.92. The van der Waals surface area contributed by atoms with E-state index in [-0.39, 0.29) is 0 Å². The lowest BCUT2D eigenvalue weighted by molar-refractivity contribution is 0.614. The Hall–Kier alpha value is -2.56. The molecule has 0 aliphatic carbocycles. The van der Waals surface area contributed by atoms with Crippen LogP contribution in [0.5, 0.6) is 0 Å². The van der Waals surface area contributed by atoms with Crippen LogP contribution in [0.15, 0.2) is 41.1 Å². The molecule has 96 valence electrons. The second-order valence-electron chi connectivity index (χ2n) is 4.37. The van der Waals surface area contributed by atoms with Crippen LogP contribution in [0, 0.1) is 6.92 Å². The van der Waals surface area contributed by atoms with Gasteiger partial charge in [0, 0.05) is 18.9 Å². The number of aryl methyl sites for hydroxylation is 1. The van der Waals surface area contributed by atoms with Crippen molar-refractivity contribution in [2.24, 2.45) is 0 Å². The molecular weight excluding hydrogens is 240 g/mol. The lowest BCUT2D eigenvalue weighted by Gasteiger charge is -2.04. The van der Waals surface area contributed by atoms with Gasteiger partial charge in [0.25, 0.3) is 6.01 Å². The van der Waals surface area contributed by atoms with Gasteiger partial charge in [0.2, 0.25) is 0 Å². The third-order valence-electron chi connectivity index (χ3n) is 3.02. The summed E-state index contributed by atoms with van der Waals surface area (Å²) in [7, 11) is 0. The van der Waals surface area contributed by atoms with Crippen LogP contribution in [-0.2, 0) is 6.54 Å². The number of nitrogens with zero attached hydrogens (tertiary/aromatic N) is 2. The first-order valence-electron chi connectivity index (χ1n) is 6.02. The van der Waals surface area contributed by atoms with Gasteiger partial charge in [-0.3, -0.25) is 4.98 Å². The number of pyridine rings is 1. The molecule has 5 nitrogen and oxygen atoms in total. The molecular formula is C14H14N4O. The third-order valence-corrected chi connectivity index (χ3v) is 3.02. The number of oxazole rings is 1. The Labute approximate surface area is 110 Å². The van der Waals surface area contributed by atoms with Crippen LogP contribution >= 0.6 is 0 Å². The Bertz CT molecular complexity index is 720. The van der Waals surface area contributed by atoms with Crippen molar-refractivity contribution in [3.05, 3.63) is 47.8 Å². The van der Waals surface area contributed by atoms with Crippen LogP contribution in [0.25, 0.3) is 11.1 Å². The lowest BCUT2D eigenvalue weighted by Crippen LogP contribution is -2.01. The van der Waals surface area contributed by atoms with Gasteiger partial charge < -0.3 is 15.5 Å². The summed E-state index contributed by atoms with van der Waals surface area (Å²) in [5, 5.41) is 3.16. The van der Waals surface area contributed by atoms with Gasteiger partial charge >= 0.3 is 0 Å². The summed E-state index contributed by atoms with van der Waals surface area (Å²) in [5.41, 5.74) is 10.1. The Balaban J connectivity index is 1.83. The lowest BCUT2D eigenvalue weighted by atomic mass is 10.2. The maximum absolute atomic E-state index is 5.84. The number of anilines is 2. The summed E-state index contributed by atoms with van der Waals surface area (Å²) >= 11 is 0. The molecule has 0 aliphatic heterocycles. The second-order valence-corrected chi connectivity index (χ2v) is 4.37. The van der Waals surface area contributed by atoms with Crippen molar-refractivity contribution in [2.45, 2.75) is 13.5 Å². The molecule has 0 radical (unpaired) electrons. The average molecular weight is 254 g/mol. The molecule has 0 atom stereocenters. The number of benzene rings is 1. The maximum Gasteiger partial charge on any atom is 0.296 e. The molecule has 0 fully saturated rings. The topological polar surface area (TPSA) is 77.0 Å². The molecule has 1 aromatic carbocycles. The molecule has 5 heteroatoms. The van der Waals surface area contributed by atoms with E-state index in [1.54, 1.807) is 6.20 Å². The van der Waals surface area contributed by atoms with Crippen molar-refractivity contribution >= 4 is 22.8 Å². The standard InChI is InChI=1S/C14H14N4O/c1-9-7-16-6-5-10(9)8-17-14-18-13-11(15)3-2-4-12(13)19-14/h2-7H,8,15H2,1H3,(H,17,18). The van der Waals surface area contributed by atoms with Gasteiger partial charge in [-0.25, -0.2) is 0 Å². The molecule has 2 aromatic heterocycles. The Morgan fingerprint density at radius 2 is 2.21 bits per heavy atom. The average Bonchev–Trinajstić information content (AvgIpc) is 2.82. The first kappa shape index (κ1) is 11.5. The van der Waals surface area contributed by atoms with Crippen molar-refractivity contribution in [1.82, 2.24) is 9.97 Å². The highest BCUT2D eigenvalue weighted by Crippen LogP contribution is 2.23. The Morgan fingerprint density at radius 1 is 1.32 bits per heavy atom. The van der Waals surface area contributed by atoms with Crippen LogP contribution in [0.2, 0.25) is 0 Å². The quantitative estimate of drug-likeness (QED) is 0.703. The van der Waals surface area contributed by atoms with Gasteiger partial charge in [-0.1, -0.05) is 6.07 Å². The number of hydrogen-bond acceptors (Lipinski definition) is 5. The molecule has 3 aromatic rings. The zero-order valence-corrected chi connectivity index (χ0v) is 10.6. The number of nitrogens with two attached hydrogens (primary N) is 1. The van der Waals surface area contributed by atoms with Crippen molar-refractivity contribution in [2.75, 3.05) is 11.1 Å². The minimum absolute atomic E-state index is 0.476. The predicted molar refractivity (Wildman–Crippen MR) is 74.7 cm³/mol. The predicted octanol–water partition coefficient (Wildman–Crippen LogP) is 2.73. The molecule has 0 spiro atoms. The molecule has 0 saturated heterocycles. The van der Waals surface area contributed by atoms with Crippen LogP contribution in [0.3, 0.4) is 0 Å². The maximum atomic E-state index is 5.84. The number of fused-ring (bicyclic) bond motifs is 1. The van der Waals surface area contributed by atoms with E-state index in [2.05, 4.69) is 15.3 Å². The molecule has 3 N–H and O–H groups in total. The number of hydrogen-bond donors (Lipinski definition) is 2. The summed E-state index contributed by atoms with van der Waals surface area (Å²) < 4.78 is 5.59. The van der Waals surface area contributed by atoms with E-state index in [0.29, 0.717) is 29.3 Å². The van der Waals surface area contributed by atoms with Gasteiger partial charge in [-0.05, 0) is 36.2 Å². The number of nitrogens with one attached hydrogen (secondary N) is 1. The van der Waals surface area contributed by atoms with E-state index in [4.69, 9.17) is 10.2 Å². The largest absolute Gasteiger partial charge is 0.423 e. The molecule has 0 bridgehead atoms. The highest BCUT2D eigenvalue weighted by molar-refractivity contribution is 5.86. The van der Waals surface area contributed by atoms with Crippen LogP contribution in [0.4, 0.5) is 11.7 Å². The van der Waals surface area contributed by atoms with Crippen molar-refractivity contribution in [3.8, 4) is 0 Å². The van der Waals surface area contributed by atoms with E-state index < -0.39 is 0 Å². The Morgan fingerprint density at radius 3 is 3.00 bits per heavy atom. The number of rotatable bonds is 3. The van der Waals surface area contributed by atoms with Gasteiger partial charge in [0.1, 0.15) is 5.52 Å². The fourth-order valence-electron chi connectivity index (χ4n) is 1.92. The van der Waals surface area contributed by atoms with E-state index >= 15 is 0 Å². The normalized spacial score (nSPS) is 10.8. The van der Waals surface area contributed by atoms with E-state index in [9.17, 15) is 0 Å². The van der Waals surface area contributed by atoms with E-state index in [1.807, 2.05) is 37.4 Å². The van der Waals surface area contributed by atoms with E-state index in [1.165, 1.54) is 0 Å². The third kappa shape index (κ3) is 2.22. The zero-order valence-electron chi connectivity index (χ0n) is 10.6. The molecule has 0 saturated carbocycles. The molecule has 0 unspecified atom stereocenters. The molecule has 0 aliphatic rings. The summed E-state index contributed by atoms with van der Waals surface area (Å²) in [4.78, 5) is 8.40. The summed E-state index contributed by atoms with van der Waals surface area (Å²) in [6, 6.07) is 7.95. The smallest absolute Gasteiger partial charge is 0.296 e. The van der Waals surface area contributed by atoms with Crippen molar-refractivity contribution in [1.29, 1.82) is 0 Å². The highest BCUT2D eigenvalue weighted by atomic mass is 16.4. The molecule has 2 heterocycles. The summed E-state index contributed by atoms with van der Waals surface area (Å²) in [6.45, 7) is 2.66. The van der Waals surface area contributed by atoms with Crippen LogP contribution < -0.4 is 11.1 Å². The summed E-state index contributed by atoms with van der Waals surface area (Å²) in [6.07, 6.45) is 3.61. The SMILES string of the molecule is Cc1cnccc1CNc1nc2c(N)cccc2o1. The van der Waals surface area contributed by atoms with Crippen molar-refractivity contribution < 1.29 is 4.42 Å². The number of para-hydroxylation sites is 1. The monoisotopic (exact) mass is 254 g/mol. The van der Waals surface area contributed by atoms with Crippen LogP contribution in [-0.4, -0.2) is 9.97 Å². The van der Waals surface area contributed by atoms with Gasteiger partial charge in [-0.15, -0.1) is 0 Å². The van der Waals surface area contributed by atoms with Gasteiger partial charge in [-0.2, -0.15) is 4.98 Å². The second kappa shape index (κ2) is 4.61. The van der Waals surface area contributed by atoms with Gasteiger partial charge in [0.05, 0.1) is 5.69 Å². The van der Waals surface area contributed by atoms with Crippen LogP contribution in [0.1, 0.15) is 11.1 Å². The summed E-state index contributed by atoms with van der Waals surface area (Å²) in [5.74, 6) is 0. The zero-order chi connectivity index (χ0) is 13.2.